The number of hydrogen-bond acceptors (Lipinski definition) is 3. The fraction of sp³-hybridized carbons (Fsp3) is 0.333. The Labute approximate surface area is 120 Å². The molecule has 0 fully saturated rings. The first kappa shape index (κ1) is 14.7. The summed E-state index contributed by atoms with van der Waals surface area (Å²) in [7, 11) is 0. The zero-order chi connectivity index (χ0) is 13.4. The van der Waals surface area contributed by atoms with E-state index in [1.54, 1.807) is 0 Å². The van der Waals surface area contributed by atoms with E-state index >= 15 is 0 Å². The number of hydrogen-bond donors (Lipinski definition) is 3. The minimum atomic E-state index is -0.452. The standard InChI is InChI=1S/C12H16IN3O2/c1-2-7-14-12(18)16-11(17)8-15-10-6-4-3-5-9(10)13/h3-6,15H,2,7-8H2,1H3,(H2,14,16,17,18). The van der Waals surface area contributed by atoms with Gasteiger partial charge in [-0.05, 0) is 41.1 Å². The number of anilines is 1. The van der Waals surface area contributed by atoms with Crippen molar-refractivity contribution in [1.29, 1.82) is 0 Å². The molecule has 1 aromatic rings. The van der Waals surface area contributed by atoms with Crippen LogP contribution in [0.5, 0.6) is 0 Å². The van der Waals surface area contributed by atoms with Gasteiger partial charge in [-0.25, -0.2) is 4.79 Å². The van der Waals surface area contributed by atoms with Crippen LogP contribution >= 0.6 is 22.6 Å². The molecule has 3 N–H and O–H groups in total. The highest BCUT2D eigenvalue weighted by atomic mass is 127. The number of carbonyl (C=O) groups excluding carboxylic acids is 2. The van der Waals surface area contributed by atoms with E-state index in [9.17, 15) is 9.59 Å². The van der Waals surface area contributed by atoms with Gasteiger partial charge in [-0.2, -0.15) is 0 Å². The van der Waals surface area contributed by atoms with Crippen molar-refractivity contribution >= 4 is 40.2 Å². The number of para-hydroxylation sites is 1. The van der Waals surface area contributed by atoms with Crippen molar-refractivity contribution in [3.63, 3.8) is 0 Å². The van der Waals surface area contributed by atoms with Crippen molar-refractivity contribution in [3.8, 4) is 0 Å². The Morgan fingerprint density at radius 3 is 2.67 bits per heavy atom. The Morgan fingerprint density at radius 1 is 1.28 bits per heavy atom. The van der Waals surface area contributed by atoms with Crippen LogP contribution in [0.3, 0.4) is 0 Å². The SMILES string of the molecule is CCCNC(=O)NC(=O)CNc1ccccc1I. The summed E-state index contributed by atoms with van der Waals surface area (Å²) in [5.41, 5.74) is 0.877. The summed E-state index contributed by atoms with van der Waals surface area (Å²) in [5, 5.41) is 7.80. The molecule has 98 valence electrons. The van der Waals surface area contributed by atoms with Crippen LogP contribution in [-0.4, -0.2) is 25.0 Å². The molecular weight excluding hydrogens is 345 g/mol. The lowest BCUT2D eigenvalue weighted by Crippen LogP contribution is -2.42. The van der Waals surface area contributed by atoms with E-state index in [1.165, 1.54) is 0 Å². The lowest BCUT2D eigenvalue weighted by atomic mass is 10.3. The van der Waals surface area contributed by atoms with Gasteiger partial charge in [-0.3, -0.25) is 10.1 Å². The number of halogens is 1. The third-order valence-corrected chi connectivity index (χ3v) is 3.04. The summed E-state index contributed by atoms with van der Waals surface area (Å²) in [6, 6.07) is 7.18. The summed E-state index contributed by atoms with van der Waals surface area (Å²) in [6.07, 6.45) is 0.835. The van der Waals surface area contributed by atoms with Gasteiger partial charge in [-0.15, -0.1) is 0 Å². The highest BCUT2D eigenvalue weighted by molar-refractivity contribution is 14.1. The Balaban J connectivity index is 2.33. The normalized spacial score (nSPS) is 9.67. The molecule has 0 aliphatic rings. The van der Waals surface area contributed by atoms with Crippen LogP contribution in [0.1, 0.15) is 13.3 Å². The van der Waals surface area contributed by atoms with Gasteiger partial charge in [0.05, 0.1) is 6.54 Å². The van der Waals surface area contributed by atoms with Gasteiger partial charge in [0, 0.05) is 15.8 Å². The van der Waals surface area contributed by atoms with E-state index < -0.39 is 6.03 Å². The lowest BCUT2D eigenvalue weighted by molar-refractivity contribution is -0.118. The second kappa shape index (κ2) is 7.91. The van der Waals surface area contributed by atoms with Gasteiger partial charge >= 0.3 is 6.03 Å². The van der Waals surface area contributed by atoms with E-state index in [0.717, 1.165) is 15.7 Å². The molecule has 0 heterocycles. The molecule has 6 heteroatoms. The molecule has 0 aliphatic heterocycles. The average Bonchev–Trinajstić information content (AvgIpc) is 2.35. The fourth-order valence-corrected chi connectivity index (χ4v) is 1.81. The molecule has 0 spiro atoms. The smallest absolute Gasteiger partial charge is 0.321 e. The molecule has 0 saturated carbocycles. The molecule has 0 saturated heterocycles. The Bertz CT molecular complexity index is 424. The van der Waals surface area contributed by atoms with Crippen molar-refractivity contribution in [3.05, 3.63) is 27.8 Å². The molecule has 0 bridgehead atoms. The van der Waals surface area contributed by atoms with Crippen LogP contribution < -0.4 is 16.0 Å². The van der Waals surface area contributed by atoms with E-state index in [4.69, 9.17) is 0 Å². The largest absolute Gasteiger partial charge is 0.375 e. The average molecular weight is 361 g/mol. The molecule has 1 aromatic carbocycles. The number of rotatable bonds is 5. The maximum atomic E-state index is 11.5. The summed E-state index contributed by atoms with van der Waals surface area (Å²) < 4.78 is 1.03. The quantitative estimate of drug-likeness (QED) is 0.702. The first-order valence-corrected chi connectivity index (χ1v) is 6.77. The number of carbonyl (C=O) groups is 2. The second-order valence-corrected chi connectivity index (χ2v) is 4.80. The van der Waals surface area contributed by atoms with Gasteiger partial charge in [0.15, 0.2) is 0 Å². The predicted octanol–water partition coefficient (Wildman–Crippen LogP) is 1.94. The van der Waals surface area contributed by atoms with Gasteiger partial charge in [-0.1, -0.05) is 19.1 Å². The molecule has 18 heavy (non-hydrogen) atoms. The van der Waals surface area contributed by atoms with Gasteiger partial charge < -0.3 is 10.6 Å². The third kappa shape index (κ3) is 5.35. The van der Waals surface area contributed by atoms with Crippen LogP contribution in [0.2, 0.25) is 0 Å². The minimum absolute atomic E-state index is 0.0690. The van der Waals surface area contributed by atoms with Gasteiger partial charge in [0.25, 0.3) is 0 Å². The summed E-state index contributed by atoms with van der Waals surface area (Å²) in [5.74, 6) is -0.358. The lowest BCUT2D eigenvalue weighted by Gasteiger charge is -2.09. The van der Waals surface area contributed by atoms with Crippen LogP contribution in [-0.2, 0) is 4.79 Å². The maximum absolute atomic E-state index is 11.5. The Kier molecular flexibility index (Phi) is 6.48. The van der Waals surface area contributed by atoms with Gasteiger partial charge in [0.1, 0.15) is 0 Å². The fourth-order valence-electron chi connectivity index (χ4n) is 1.23. The third-order valence-electron chi connectivity index (χ3n) is 2.10. The number of urea groups is 1. The van der Waals surface area contributed by atoms with Crippen LogP contribution in [0.15, 0.2) is 24.3 Å². The van der Waals surface area contributed by atoms with Crippen molar-refractivity contribution in [1.82, 2.24) is 10.6 Å². The molecule has 1 rings (SSSR count). The van der Waals surface area contributed by atoms with Crippen molar-refractivity contribution in [2.75, 3.05) is 18.4 Å². The van der Waals surface area contributed by atoms with Crippen LogP contribution in [0.4, 0.5) is 10.5 Å². The number of amides is 3. The summed E-state index contributed by atoms with van der Waals surface area (Å²) in [6.45, 7) is 2.57. The Morgan fingerprint density at radius 2 is 2.00 bits per heavy atom. The molecule has 5 nitrogen and oxygen atoms in total. The van der Waals surface area contributed by atoms with E-state index in [2.05, 4.69) is 38.5 Å². The maximum Gasteiger partial charge on any atom is 0.321 e. The second-order valence-electron chi connectivity index (χ2n) is 3.64. The van der Waals surface area contributed by atoms with Crippen LogP contribution in [0.25, 0.3) is 0 Å². The van der Waals surface area contributed by atoms with Crippen molar-refractivity contribution < 1.29 is 9.59 Å². The number of nitrogens with one attached hydrogen (secondary N) is 3. The first-order valence-electron chi connectivity index (χ1n) is 5.69. The van der Waals surface area contributed by atoms with E-state index in [0.29, 0.717) is 6.54 Å². The molecule has 0 atom stereocenters. The predicted molar refractivity (Wildman–Crippen MR) is 79.5 cm³/mol. The highest BCUT2D eigenvalue weighted by Crippen LogP contribution is 2.16. The zero-order valence-corrected chi connectivity index (χ0v) is 12.3. The number of benzene rings is 1. The summed E-state index contributed by atoms with van der Waals surface area (Å²) in [4.78, 5) is 22.7. The molecule has 3 amide bonds. The molecule has 0 radical (unpaired) electrons. The van der Waals surface area contributed by atoms with Crippen molar-refractivity contribution in [2.24, 2.45) is 0 Å². The molecule has 0 aliphatic carbocycles. The number of imide groups is 1. The zero-order valence-electron chi connectivity index (χ0n) is 10.1. The van der Waals surface area contributed by atoms with E-state index in [-0.39, 0.29) is 12.5 Å². The molecule has 0 unspecified atom stereocenters. The van der Waals surface area contributed by atoms with E-state index in [1.807, 2.05) is 31.2 Å². The monoisotopic (exact) mass is 361 g/mol. The highest BCUT2D eigenvalue weighted by Gasteiger charge is 2.07. The van der Waals surface area contributed by atoms with Crippen LogP contribution in [0, 0.1) is 3.57 Å². The minimum Gasteiger partial charge on any atom is -0.375 e. The van der Waals surface area contributed by atoms with Crippen molar-refractivity contribution in [2.45, 2.75) is 13.3 Å². The molecular formula is C12H16IN3O2. The topological polar surface area (TPSA) is 70.2 Å². The summed E-state index contributed by atoms with van der Waals surface area (Å²) >= 11 is 2.18. The first-order chi connectivity index (χ1) is 8.63. The molecule has 0 aromatic heterocycles. The van der Waals surface area contributed by atoms with Gasteiger partial charge in [0.2, 0.25) is 5.91 Å². The Hall–Kier alpha value is -1.31.